The van der Waals surface area contributed by atoms with Crippen LogP contribution in [-0.2, 0) is 0 Å². The summed E-state index contributed by atoms with van der Waals surface area (Å²) in [6.07, 6.45) is 0. The van der Waals surface area contributed by atoms with Crippen LogP contribution in [0.4, 0.5) is 0 Å². The van der Waals surface area contributed by atoms with Gasteiger partial charge in [-0.05, 0) is 55.8 Å². The van der Waals surface area contributed by atoms with Crippen LogP contribution in [0.2, 0.25) is 0 Å². The average molecular weight is 388 g/mol. The summed E-state index contributed by atoms with van der Waals surface area (Å²) in [7, 11) is 1.62. The zero-order valence-electron chi connectivity index (χ0n) is 13.7. The Morgan fingerprint density at radius 2 is 1.58 bits per heavy atom. The largest absolute Gasteiger partial charge is 0.465 e. The summed E-state index contributed by atoms with van der Waals surface area (Å²) >= 11 is 3.44. The predicted molar refractivity (Wildman–Crippen MR) is 95.4 cm³/mol. The van der Waals surface area contributed by atoms with Gasteiger partial charge in [-0.25, -0.2) is 0 Å². The number of amides is 1. The monoisotopic (exact) mass is 387 g/mol. The minimum atomic E-state index is -0.284. The van der Waals surface area contributed by atoms with E-state index in [9.17, 15) is 4.79 Å². The number of hydrogen-bond donors (Lipinski definition) is 1. The molecule has 0 saturated carbocycles. The van der Waals surface area contributed by atoms with E-state index < -0.39 is 0 Å². The minimum Gasteiger partial charge on any atom is -0.465 e. The van der Waals surface area contributed by atoms with E-state index in [0.29, 0.717) is 5.56 Å². The number of halogens is 1. The van der Waals surface area contributed by atoms with Crippen molar-refractivity contribution in [1.82, 2.24) is 5.32 Å². The highest BCUT2D eigenvalue weighted by Crippen LogP contribution is 2.36. The first kappa shape index (κ1) is 16.6. The molecule has 2 heterocycles. The Kier molecular flexibility index (Phi) is 4.62. The number of carbonyl (C=O) groups excluding carboxylic acids is 1. The Morgan fingerprint density at radius 1 is 1.00 bits per heavy atom. The summed E-state index contributed by atoms with van der Waals surface area (Å²) in [4.78, 5) is 12.4. The molecular weight excluding hydrogens is 370 g/mol. The van der Waals surface area contributed by atoms with Gasteiger partial charge in [0.05, 0.1) is 0 Å². The zero-order valence-corrected chi connectivity index (χ0v) is 15.3. The summed E-state index contributed by atoms with van der Waals surface area (Å²) in [5.74, 6) is 2.69. The fraction of sp³-hybridized carbons (Fsp3) is 0.211. The second-order valence-electron chi connectivity index (χ2n) is 5.64. The van der Waals surface area contributed by atoms with Gasteiger partial charge in [0.25, 0.3) is 5.91 Å². The molecule has 0 aliphatic heterocycles. The highest BCUT2D eigenvalue weighted by Gasteiger charge is 2.27. The molecule has 0 atom stereocenters. The Labute approximate surface area is 149 Å². The first-order chi connectivity index (χ1) is 11.5. The van der Waals surface area contributed by atoms with Crippen molar-refractivity contribution in [2.75, 3.05) is 7.05 Å². The van der Waals surface area contributed by atoms with Gasteiger partial charge in [-0.15, -0.1) is 0 Å². The molecule has 1 amide bonds. The summed E-state index contributed by atoms with van der Waals surface area (Å²) < 4.78 is 12.6. The third-order valence-electron chi connectivity index (χ3n) is 3.89. The van der Waals surface area contributed by atoms with Gasteiger partial charge in [0.2, 0.25) is 0 Å². The van der Waals surface area contributed by atoms with E-state index in [1.807, 2.05) is 56.3 Å². The van der Waals surface area contributed by atoms with Gasteiger partial charge in [-0.1, -0.05) is 22.0 Å². The van der Waals surface area contributed by atoms with Gasteiger partial charge in [0, 0.05) is 17.1 Å². The number of benzene rings is 1. The molecule has 5 heteroatoms. The molecule has 0 aliphatic carbocycles. The molecule has 0 aliphatic rings. The van der Waals surface area contributed by atoms with E-state index in [4.69, 9.17) is 8.83 Å². The van der Waals surface area contributed by atoms with Crippen LogP contribution < -0.4 is 5.32 Å². The number of furan rings is 2. The van der Waals surface area contributed by atoms with Crippen molar-refractivity contribution in [1.29, 1.82) is 0 Å². The third-order valence-corrected chi connectivity index (χ3v) is 4.38. The molecule has 0 spiro atoms. The van der Waals surface area contributed by atoms with Crippen molar-refractivity contribution < 1.29 is 13.6 Å². The smallest absolute Gasteiger partial charge is 0.251 e. The number of rotatable bonds is 4. The first-order valence-corrected chi connectivity index (χ1v) is 8.43. The second-order valence-corrected chi connectivity index (χ2v) is 6.56. The number of nitrogens with one attached hydrogen (secondary N) is 1. The summed E-state index contributed by atoms with van der Waals surface area (Å²) in [5, 5.41) is 2.70. The van der Waals surface area contributed by atoms with Crippen LogP contribution in [-0.4, -0.2) is 13.0 Å². The van der Waals surface area contributed by atoms with Crippen LogP contribution in [0.5, 0.6) is 0 Å². The van der Waals surface area contributed by atoms with Crippen molar-refractivity contribution in [3.63, 3.8) is 0 Å². The van der Waals surface area contributed by atoms with Gasteiger partial charge >= 0.3 is 0 Å². The summed E-state index contributed by atoms with van der Waals surface area (Å²) in [5.41, 5.74) is 1.42. The van der Waals surface area contributed by atoms with E-state index in [0.717, 1.165) is 33.1 Å². The van der Waals surface area contributed by atoms with Crippen LogP contribution in [0.25, 0.3) is 0 Å². The molecule has 0 radical (unpaired) electrons. The Morgan fingerprint density at radius 3 is 2.04 bits per heavy atom. The Bertz CT molecular complexity index is 838. The number of hydrogen-bond acceptors (Lipinski definition) is 3. The Balaban J connectivity index is 2.21. The van der Waals surface area contributed by atoms with Gasteiger partial charge in [0.15, 0.2) is 0 Å². The molecule has 2 aromatic heterocycles. The summed E-state index contributed by atoms with van der Waals surface area (Å²) in [6, 6.07) is 13.3. The molecule has 0 saturated heterocycles. The van der Waals surface area contributed by atoms with Crippen molar-refractivity contribution in [2.24, 2.45) is 0 Å². The molecule has 3 rings (SSSR count). The average Bonchev–Trinajstić information content (AvgIpc) is 3.17. The lowest BCUT2D eigenvalue weighted by atomic mass is 9.89. The van der Waals surface area contributed by atoms with Crippen LogP contribution in [0.15, 0.2) is 55.8 Å². The van der Waals surface area contributed by atoms with Gasteiger partial charge < -0.3 is 14.2 Å². The first-order valence-electron chi connectivity index (χ1n) is 7.64. The molecular formula is C19H18BrNO3. The van der Waals surface area contributed by atoms with E-state index in [-0.39, 0.29) is 11.8 Å². The third kappa shape index (κ3) is 3.17. The predicted octanol–water partition coefficient (Wildman–Crippen LogP) is 4.79. The van der Waals surface area contributed by atoms with Crippen molar-refractivity contribution in [2.45, 2.75) is 19.8 Å². The maximum Gasteiger partial charge on any atom is 0.251 e. The lowest BCUT2D eigenvalue weighted by molar-refractivity contribution is 0.0962. The zero-order chi connectivity index (χ0) is 17.3. The molecule has 0 unspecified atom stereocenters. The van der Waals surface area contributed by atoms with E-state index in [1.165, 1.54) is 0 Å². The van der Waals surface area contributed by atoms with E-state index >= 15 is 0 Å². The van der Waals surface area contributed by atoms with Crippen LogP contribution >= 0.6 is 15.9 Å². The second kappa shape index (κ2) is 6.69. The molecule has 0 bridgehead atoms. The quantitative estimate of drug-likeness (QED) is 0.699. The van der Waals surface area contributed by atoms with Crippen molar-refractivity contribution in [3.8, 4) is 0 Å². The summed E-state index contributed by atoms with van der Waals surface area (Å²) in [6.45, 7) is 3.80. The van der Waals surface area contributed by atoms with Gasteiger partial charge in [-0.2, -0.15) is 0 Å². The minimum absolute atomic E-state index is 0.150. The molecule has 1 aromatic carbocycles. The normalized spacial score (nSPS) is 11.0. The SMILES string of the molecule is CNC(=O)c1cc(Br)ccc1C(c1ccc(C)o1)c1ccc(C)o1. The number of aryl methyl sites for hydroxylation is 2. The molecule has 3 aromatic rings. The van der Waals surface area contributed by atoms with Crippen LogP contribution in [0.3, 0.4) is 0 Å². The fourth-order valence-corrected chi connectivity index (χ4v) is 3.14. The van der Waals surface area contributed by atoms with E-state index in [1.54, 1.807) is 7.05 Å². The molecule has 4 nitrogen and oxygen atoms in total. The maximum atomic E-state index is 12.4. The van der Waals surface area contributed by atoms with Crippen LogP contribution in [0, 0.1) is 13.8 Å². The standard InChI is InChI=1S/C19H18BrNO3/c1-11-4-8-16(23-11)18(17-9-5-12(2)24-17)14-7-6-13(20)10-15(14)19(22)21-3/h4-10,18H,1-3H3,(H,21,22). The van der Waals surface area contributed by atoms with Crippen molar-refractivity contribution in [3.05, 3.63) is 81.1 Å². The number of carbonyl (C=O) groups is 1. The topological polar surface area (TPSA) is 55.4 Å². The molecule has 0 fully saturated rings. The van der Waals surface area contributed by atoms with Crippen molar-refractivity contribution >= 4 is 21.8 Å². The fourth-order valence-electron chi connectivity index (χ4n) is 2.78. The highest BCUT2D eigenvalue weighted by atomic mass is 79.9. The lowest BCUT2D eigenvalue weighted by Crippen LogP contribution is -2.21. The van der Waals surface area contributed by atoms with E-state index in [2.05, 4.69) is 21.2 Å². The molecule has 24 heavy (non-hydrogen) atoms. The molecule has 1 N–H and O–H groups in total. The Hall–Kier alpha value is -2.27. The van der Waals surface area contributed by atoms with Gasteiger partial charge in [0.1, 0.15) is 29.0 Å². The lowest BCUT2D eigenvalue weighted by Gasteiger charge is -2.17. The van der Waals surface area contributed by atoms with Gasteiger partial charge in [-0.3, -0.25) is 4.79 Å². The molecule has 124 valence electrons. The maximum absolute atomic E-state index is 12.4. The van der Waals surface area contributed by atoms with Crippen LogP contribution in [0.1, 0.15) is 44.9 Å². The highest BCUT2D eigenvalue weighted by molar-refractivity contribution is 9.10.